The van der Waals surface area contributed by atoms with E-state index >= 15 is 0 Å². The molecule has 2 atom stereocenters. The first-order chi connectivity index (χ1) is 38.5. The molecule has 0 aliphatic carbocycles. The molecule has 0 N–H and O–H groups in total. The lowest BCUT2D eigenvalue weighted by molar-refractivity contribution is -0.870. The van der Waals surface area contributed by atoms with Crippen molar-refractivity contribution >= 4 is 19.8 Å². The van der Waals surface area contributed by atoms with Crippen molar-refractivity contribution < 1.29 is 42.1 Å². The maximum atomic E-state index is 12.8. The van der Waals surface area contributed by atoms with E-state index in [2.05, 4.69) is 38.2 Å². The molecule has 468 valence electrons. The normalized spacial score (nSPS) is 13.2. The number of carbonyl (C=O) groups excluding carboxylic acids is 2. The Kier molecular flexibility index (Phi) is 59.9. The Morgan fingerprint density at radius 3 is 1.01 bits per heavy atom. The molecule has 0 spiro atoms. The molecule has 0 rings (SSSR count). The van der Waals surface area contributed by atoms with E-state index in [-0.39, 0.29) is 32.0 Å². The summed E-state index contributed by atoms with van der Waals surface area (Å²) in [5.41, 5.74) is 0. The van der Waals surface area contributed by atoms with Crippen LogP contribution in [0.15, 0.2) is 24.3 Å². The molecule has 0 saturated heterocycles. The van der Waals surface area contributed by atoms with Crippen LogP contribution in [0.5, 0.6) is 0 Å². The fourth-order valence-corrected chi connectivity index (χ4v) is 11.1. The molecule has 0 radical (unpaired) electrons. The summed E-state index contributed by atoms with van der Waals surface area (Å²) in [5.74, 6) is -0.824. The van der Waals surface area contributed by atoms with Crippen LogP contribution in [-0.4, -0.2) is 70.0 Å². The van der Waals surface area contributed by atoms with E-state index in [0.29, 0.717) is 17.4 Å². The predicted octanol–water partition coefficient (Wildman–Crippen LogP) is 21.5. The maximum Gasteiger partial charge on any atom is 0.306 e. The van der Waals surface area contributed by atoms with Crippen molar-refractivity contribution in [3.63, 3.8) is 0 Å². The second kappa shape index (κ2) is 61.1. The Morgan fingerprint density at radius 1 is 0.392 bits per heavy atom. The minimum Gasteiger partial charge on any atom is -0.756 e. The van der Waals surface area contributed by atoms with Gasteiger partial charge >= 0.3 is 11.9 Å². The molecule has 0 heterocycles. The summed E-state index contributed by atoms with van der Waals surface area (Å²) in [4.78, 5) is 37.9. The van der Waals surface area contributed by atoms with Gasteiger partial charge < -0.3 is 27.9 Å². The van der Waals surface area contributed by atoms with Crippen LogP contribution in [0.2, 0.25) is 0 Å². The zero-order valence-corrected chi connectivity index (χ0v) is 54.2. The van der Waals surface area contributed by atoms with Gasteiger partial charge in [0.05, 0.1) is 27.7 Å². The third kappa shape index (κ3) is 65.5. The van der Waals surface area contributed by atoms with E-state index in [0.717, 1.165) is 51.4 Å². The van der Waals surface area contributed by atoms with Crippen LogP contribution in [0, 0.1) is 0 Å². The van der Waals surface area contributed by atoms with Crippen LogP contribution in [0.3, 0.4) is 0 Å². The monoisotopic (exact) mass is 1140 g/mol. The van der Waals surface area contributed by atoms with E-state index in [4.69, 9.17) is 18.5 Å². The largest absolute Gasteiger partial charge is 0.756 e. The molecule has 0 aromatic carbocycles. The zero-order chi connectivity index (χ0) is 57.7. The Morgan fingerprint density at radius 2 is 0.684 bits per heavy atom. The Bertz CT molecular complexity index is 1380. The van der Waals surface area contributed by atoms with Crippen molar-refractivity contribution in [3.8, 4) is 0 Å². The van der Waals surface area contributed by atoms with Gasteiger partial charge in [-0.05, 0) is 44.9 Å². The lowest BCUT2D eigenvalue weighted by Gasteiger charge is -2.28. The van der Waals surface area contributed by atoms with Crippen molar-refractivity contribution in [2.45, 2.75) is 360 Å². The van der Waals surface area contributed by atoms with Gasteiger partial charge in [-0.15, -0.1) is 0 Å². The molecule has 2 unspecified atom stereocenters. The highest BCUT2D eigenvalue weighted by Crippen LogP contribution is 2.38. The summed E-state index contributed by atoms with van der Waals surface area (Å²) in [7, 11) is 1.18. The molecule has 9 nitrogen and oxygen atoms in total. The minimum absolute atomic E-state index is 0.0300. The number of ether oxygens (including phenoxy) is 2. The molecule has 0 aliphatic rings. The van der Waals surface area contributed by atoms with Crippen molar-refractivity contribution in [1.82, 2.24) is 0 Å². The first kappa shape index (κ1) is 77.5. The number of carbonyl (C=O) groups is 2. The van der Waals surface area contributed by atoms with E-state index in [9.17, 15) is 19.0 Å². The number of unbranched alkanes of at least 4 members (excludes halogenated alkanes) is 47. The summed E-state index contributed by atoms with van der Waals surface area (Å²) < 4.78 is 34.2. The average Bonchev–Trinajstić information content (AvgIpc) is 3.41. The number of allylic oxidation sites excluding steroid dienone is 4. The van der Waals surface area contributed by atoms with E-state index in [1.807, 2.05) is 21.1 Å². The summed E-state index contributed by atoms with van der Waals surface area (Å²) >= 11 is 0. The standard InChI is InChI=1S/C69H134NO8P/c1-6-8-10-12-14-16-18-20-22-24-26-27-28-29-30-31-32-33-34-35-36-37-38-39-40-41-42-43-44-46-47-49-51-53-55-57-59-61-68(71)75-65-67(66-77-79(73,74)76-64-63-70(3,4)5)78-69(72)62-60-58-56-54-52-50-48-45-25-23-21-19-17-15-13-11-9-7-2/h17,19,23,25,67H,6-16,18,20-22,24,26-66H2,1-5H3/b19-17-,25-23-. The van der Waals surface area contributed by atoms with Gasteiger partial charge in [0.25, 0.3) is 7.82 Å². The first-order valence-corrected chi connectivity index (χ1v) is 36.0. The van der Waals surface area contributed by atoms with Crippen molar-refractivity contribution in [2.75, 3.05) is 47.5 Å². The van der Waals surface area contributed by atoms with Crippen LogP contribution >= 0.6 is 7.82 Å². The lowest BCUT2D eigenvalue weighted by atomic mass is 10.0. The van der Waals surface area contributed by atoms with Gasteiger partial charge in [-0.2, -0.15) is 0 Å². The number of phosphoric acid groups is 1. The van der Waals surface area contributed by atoms with Gasteiger partial charge in [0.15, 0.2) is 6.10 Å². The van der Waals surface area contributed by atoms with Gasteiger partial charge in [-0.3, -0.25) is 14.2 Å². The zero-order valence-electron chi connectivity index (χ0n) is 53.4. The van der Waals surface area contributed by atoms with Crippen molar-refractivity contribution in [2.24, 2.45) is 0 Å². The summed E-state index contributed by atoms with van der Waals surface area (Å²) in [5, 5.41) is 0. The summed E-state index contributed by atoms with van der Waals surface area (Å²) in [6.07, 6.45) is 75.7. The van der Waals surface area contributed by atoms with E-state index < -0.39 is 26.5 Å². The highest BCUT2D eigenvalue weighted by atomic mass is 31.2. The number of rotatable bonds is 65. The number of phosphoric ester groups is 1. The number of quaternary nitrogens is 1. The quantitative estimate of drug-likeness (QED) is 0.0195. The molecule has 0 saturated carbocycles. The van der Waals surface area contributed by atoms with Crippen molar-refractivity contribution in [3.05, 3.63) is 24.3 Å². The molecule has 0 aliphatic heterocycles. The molecule has 0 bridgehead atoms. The lowest BCUT2D eigenvalue weighted by Crippen LogP contribution is -2.37. The number of nitrogens with zero attached hydrogens (tertiary/aromatic N) is 1. The third-order valence-electron chi connectivity index (χ3n) is 15.7. The Labute approximate surface area is 491 Å². The van der Waals surface area contributed by atoms with Crippen LogP contribution < -0.4 is 4.89 Å². The second-order valence-corrected chi connectivity index (χ2v) is 26.3. The van der Waals surface area contributed by atoms with Crippen LogP contribution in [0.4, 0.5) is 0 Å². The molecule has 0 fully saturated rings. The fourth-order valence-electron chi connectivity index (χ4n) is 10.4. The van der Waals surface area contributed by atoms with Gasteiger partial charge in [0, 0.05) is 12.8 Å². The summed E-state index contributed by atoms with van der Waals surface area (Å²) in [6.45, 7) is 4.27. The first-order valence-electron chi connectivity index (χ1n) is 34.5. The van der Waals surface area contributed by atoms with E-state index in [1.54, 1.807) is 0 Å². The van der Waals surface area contributed by atoms with Crippen LogP contribution in [0.25, 0.3) is 0 Å². The fraction of sp³-hybridized carbons (Fsp3) is 0.913. The molecular weight excluding hydrogens is 1000 g/mol. The van der Waals surface area contributed by atoms with Gasteiger partial charge in [-0.1, -0.05) is 321 Å². The summed E-state index contributed by atoms with van der Waals surface area (Å²) in [6, 6.07) is 0. The molecule has 10 heteroatoms. The molecule has 0 aromatic rings. The van der Waals surface area contributed by atoms with Gasteiger partial charge in [0.1, 0.15) is 19.8 Å². The van der Waals surface area contributed by atoms with E-state index in [1.165, 1.54) is 270 Å². The number of hydrogen-bond donors (Lipinski definition) is 0. The number of likely N-dealkylation sites (N-methyl/N-ethyl adjacent to an activating group) is 1. The van der Waals surface area contributed by atoms with Crippen molar-refractivity contribution in [1.29, 1.82) is 0 Å². The smallest absolute Gasteiger partial charge is 0.306 e. The number of esters is 2. The molecule has 0 amide bonds. The van der Waals surface area contributed by atoms with Crippen LogP contribution in [0.1, 0.15) is 354 Å². The molecular formula is C69H134NO8P. The second-order valence-electron chi connectivity index (χ2n) is 24.9. The predicted molar refractivity (Wildman–Crippen MR) is 338 cm³/mol. The van der Waals surface area contributed by atoms with Gasteiger partial charge in [0.2, 0.25) is 0 Å². The Balaban J connectivity index is 3.89. The third-order valence-corrected chi connectivity index (χ3v) is 16.7. The Hall–Kier alpha value is -1.51. The number of hydrogen-bond acceptors (Lipinski definition) is 8. The SMILES string of the molecule is CCCCCC/C=C\C/C=C\CCCCCCCCCC(=O)OC(COC(=O)CCCCCCCCCCCCCCCCCCCCCCCCCCCCCCCCCCCCCCC)COP(=O)([O-])OCC[N+](C)(C)C. The molecule has 79 heavy (non-hydrogen) atoms. The highest BCUT2D eigenvalue weighted by molar-refractivity contribution is 7.45. The van der Waals surface area contributed by atoms with Crippen LogP contribution in [-0.2, 0) is 32.7 Å². The topological polar surface area (TPSA) is 111 Å². The minimum atomic E-state index is -4.64. The average molecular weight is 1140 g/mol. The highest BCUT2D eigenvalue weighted by Gasteiger charge is 2.22. The molecule has 0 aromatic heterocycles. The maximum absolute atomic E-state index is 12.8. The van der Waals surface area contributed by atoms with Gasteiger partial charge in [-0.25, -0.2) is 0 Å².